The Morgan fingerprint density at radius 2 is 2.28 bits per heavy atom. The number of carbonyl (C=O) groups excluding carboxylic acids is 1. The minimum absolute atomic E-state index is 0.184. The van der Waals surface area contributed by atoms with Crippen LogP contribution in [0.1, 0.15) is 23.5 Å². The van der Waals surface area contributed by atoms with E-state index in [1.54, 1.807) is 6.07 Å². The van der Waals surface area contributed by atoms with Crippen molar-refractivity contribution in [2.24, 2.45) is 0 Å². The van der Waals surface area contributed by atoms with Gasteiger partial charge in [0.15, 0.2) is 5.78 Å². The number of likely N-dealkylation sites (N-methyl/N-ethyl adjacent to an activating group) is 1. The molecular weight excluding hydrogens is 268 g/mol. The average Bonchev–Trinajstić information content (AvgIpc) is 2.76. The molecular formula is C13H19ClN2OS. The number of nitrogens with zero attached hydrogens (tertiary/aromatic N) is 2. The van der Waals surface area contributed by atoms with Gasteiger partial charge >= 0.3 is 0 Å². The van der Waals surface area contributed by atoms with Crippen molar-refractivity contribution in [1.82, 2.24) is 9.80 Å². The van der Waals surface area contributed by atoms with E-state index >= 15 is 0 Å². The summed E-state index contributed by atoms with van der Waals surface area (Å²) in [6.07, 6.45) is 0. The first-order chi connectivity index (χ1) is 8.60. The lowest BCUT2D eigenvalue weighted by atomic mass is 10.2. The van der Waals surface area contributed by atoms with E-state index in [0.717, 1.165) is 31.1 Å². The summed E-state index contributed by atoms with van der Waals surface area (Å²) in [6.45, 7) is 9.01. The van der Waals surface area contributed by atoms with Crippen LogP contribution < -0.4 is 0 Å². The summed E-state index contributed by atoms with van der Waals surface area (Å²) >= 11 is 7.22. The Morgan fingerprint density at radius 3 is 2.83 bits per heavy atom. The molecule has 1 atom stereocenters. The van der Waals surface area contributed by atoms with Gasteiger partial charge in [-0.15, -0.1) is 11.3 Å². The van der Waals surface area contributed by atoms with Crippen molar-refractivity contribution in [2.45, 2.75) is 19.9 Å². The molecule has 1 unspecified atom stereocenters. The highest BCUT2D eigenvalue weighted by molar-refractivity contribution is 7.18. The zero-order chi connectivity index (χ0) is 13.1. The molecule has 0 aromatic carbocycles. The van der Waals surface area contributed by atoms with Crippen molar-refractivity contribution in [2.75, 3.05) is 32.7 Å². The topological polar surface area (TPSA) is 23.6 Å². The van der Waals surface area contributed by atoms with Crippen LogP contribution in [0.4, 0.5) is 0 Å². The summed E-state index contributed by atoms with van der Waals surface area (Å²) in [7, 11) is 0. The van der Waals surface area contributed by atoms with E-state index in [1.165, 1.54) is 11.3 Å². The van der Waals surface area contributed by atoms with Gasteiger partial charge in [-0.05, 0) is 25.6 Å². The largest absolute Gasteiger partial charge is 0.298 e. The Bertz CT molecular complexity index is 421. The number of hydrogen-bond acceptors (Lipinski definition) is 4. The highest BCUT2D eigenvalue weighted by atomic mass is 35.5. The van der Waals surface area contributed by atoms with Crippen molar-refractivity contribution >= 4 is 28.7 Å². The summed E-state index contributed by atoms with van der Waals surface area (Å²) in [5.74, 6) is 0.184. The van der Waals surface area contributed by atoms with Crippen LogP contribution in [0.25, 0.3) is 0 Å². The molecule has 1 aromatic rings. The standard InChI is InChI=1S/C13H19ClN2OS/c1-3-16-7-6-15(8-10(16)2)9-11(17)12-4-5-13(14)18-12/h4-5,10H,3,6-9H2,1-2H3. The minimum Gasteiger partial charge on any atom is -0.298 e. The number of rotatable bonds is 4. The van der Waals surface area contributed by atoms with E-state index in [2.05, 4.69) is 23.6 Å². The SMILES string of the molecule is CCN1CCN(CC(=O)c2ccc(Cl)s2)CC1C. The lowest BCUT2D eigenvalue weighted by Gasteiger charge is -2.38. The summed E-state index contributed by atoms with van der Waals surface area (Å²) in [4.78, 5) is 17.5. The molecule has 2 rings (SSSR count). The number of carbonyl (C=O) groups is 1. The van der Waals surface area contributed by atoms with Crippen LogP contribution in [-0.2, 0) is 0 Å². The van der Waals surface area contributed by atoms with Gasteiger partial charge in [-0.25, -0.2) is 0 Å². The highest BCUT2D eigenvalue weighted by Crippen LogP contribution is 2.22. The van der Waals surface area contributed by atoms with Crippen molar-refractivity contribution in [3.05, 3.63) is 21.3 Å². The maximum absolute atomic E-state index is 12.1. The molecule has 100 valence electrons. The van der Waals surface area contributed by atoms with Crippen LogP contribution in [0.2, 0.25) is 4.34 Å². The van der Waals surface area contributed by atoms with E-state index in [0.29, 0.717) is 16.9 Å². The fourth-order valence-electron chi connectivity index (χ4n) is 2.43. The molecule has 0 bridgehead atoms. The number of hydrogen-bond donors (Lipinski definition) is 0. The zero-order valence-electron chi connectivity index (χ0n) is 10.9. The third-order valence-corrected chi connectivity index (χ3v) is 4.74. The van der Waals surface area contributed by atoms with E-state index in [4.69, 9.17) is 11.6 Å². The summed E-state index contributed by atoms with van der Waals surface area (Å²) in [6, 6.07) is 4.14. The summed E-state index contributed by atoms with van der Waals surface area (Å²) < 4.78 is 0.683. The zero-order valence-corrected chi connectivity index (χ0v) is 12.4. The van der Waals surface area contributed by atoms with E-state index < -0.39 is 0 Å². The van der Waals surface area contributed by atoms with Gasteiger partial charge in [-0.2, -0.15) is 0 Å². The van der Waals surface area contributed by atoms with Gasteiger partial charge in [0, 0.05) is 25.7 Å². The van der Waals surface area contributed by atoms with Crippen LogP contribution in [0.5, 0.6) is 0 Å². The molecule has 1 saturated heterocycles. The van der Waals surface area contributed by atoms with Gasteiger partial charge in [0.25, 0.3) is 0 Å². The van der Waals surface area contributed by atoms with E-state index in [1.807, 2.05) is 6.07 Å². The molecule has 0 saturated carbocycles. The number of thiophene rings is 1. The predicted molar refractivity (Wildman–Crippen MR) is 76.8 cm³/mol. The molecule has 2 heterocycles. The summed E-state index contributed by atoms with van der Waals surface area (Å²) in [5.41, 5.74) is 0. The Kier molecular flexibility index (Phi) is 4.78. The monoisotopic (exact) mass is 286 g/mol. The van der Waals surface area contributed by atoms with Crippen LogP contribution in [0, 0.1) is 0 Å². The second-order valence-electron chi connectivity index (χ2n) is 4.74. The first-order valence-electron chi connectivity index (χ1n) is 6.35. The molecule has 1 aromatic heterocycles. The van der Waals surface area contributed by atoms with Gasteiger partial charge in [0.1, 0.15) is 0 Å². The number of halogens is 1. The highest BCUT2D eigenvalue weighted by Gasteiger charge is 2.24. The second-order valence-corrected chi connectivity index (χ2v) is 6.45. The Labute approximate surface area is 117 Å². The van der Waals surface area contributed by atoms with Gasteiger partial charge in [-0.3, -0.25) is 14.6 Å². The third-order valence-electron chi connectivity index (χ3n) is 3.47. The summed E-state index contributed by atoms with van der Waals surface area (Å²) in [5, 5.41) is 0. The fraction of sp³-hybridized carbons (Fsp3) is 0.615. The molecule has 0 aliphatic carbocycles. The maximum Gasteiger partial charge on any atom is 0.186 e. The van der Waals surface area contributed by atoms with E-state index in [9.17, 15) is 4.79 Å². The minimum atomic E-state index is 0.184. The average molecular weight is 287 g/mol. The van der Waals surface area contributed by atoms with Crippen molar-refractivity contribution in [3.8, 4) is 0 Å². The molecule has 3 nitrogen and oxygen atoms in total. The lowest BCUT2D eigenvalue weighted by molar-refractivity contribution is 0.0726. The van der Waals surface area contributed by atoms with Gasteiger partial charge in [0.2, 0.25) is 0 Å². The normalized spacial score (nSPS) is 22.3. The first kappa shape index (κ1) is 14.0. The lowest BCUT2D eigenvalue weighted by Crippen LogP contribution is -2.52. The predicted octanol–water partition coefficient (Wildman–Crippen LogP) is 2.61. The number of ketones is 1. The molecule has 18 heavy (non-hydrogen) atoms. The molecule has 0 N–H and O–H groups in total. The molecule has 0 radical (unpaired) electrons. The Balaban J connectivity index is 1.89. The number of Topliss-reactive ketones (excluding diaryl/α,β-unsaturated/α-hetero) is 1. The quantitative estimate of drug-likeness (QED) is 0.795. The van der Waals surface area contributed by atoms with Gasteiger partial charge in [-0.1, -0.05) is 18.5 Å². The van der Waals surface area contributed by atoms with Crippen LogP contribution in [0.3, 0.4) is 0 Å². The maximum atomic E-state index is 12.1. The first-order valence-corrected chi connectivity index (χ1v) is 7.54. The van der Waals surface area contributed by atoms with E-state index in [-0.39, 0.29) is 5.78 Å². The third kappa shape index (κ3) is 3.32. The fourth-order valence-corrected chi connectivity index (χ4v) is 3.40. The van der Waals surface area contributed by atoms with Crippen molar-refractivity contribution in [3.63, 3.8) is 0 Å². The van der Waals surface area contributed by atoms with Crippen molar-refractivity contribution < 1.29 is 4.79 Å². The van der Waals surface area contributed by atoms with Crippen LogP contribution in [-0.4, -0.2) is 54.3 Å². The Hall–Kier alpha value is -0.420. The molecule has 1 fully saturated rings. The number of piperazine rings is 1. The second kappa shape index (κ2) is 6.15. The van der Waals surface area contributed by atoms with Crippen molar-refractivity contribution in [1.29, 1.82) is 0 Å². The van der Waals surface area contributed by atoms with Crippen LogP contribution >= 0.6 is 22.9 Å². The van der Waals surface area contributed by atoms with Gasteiger partial charge < -0.3 is 0 Å². The molecule has 0 amide bonds. The molecule has 1 aliphatic heterocycles. The Morgan fingerprint density at radius 1 is 1.50 bits per heavy atom. The molecule has 0 spiro atoms. The molecule has 5 heteroatoms. The smallest absolute Gasteiger partial charge is 0.186 e. The molecule has 1 aliphatic rings. The van der Waals surface area contributed by atoms with Crippen LogP contribution in [0.15, 0.2) is 12.1 Å². The van der Waals surface area contributed by atoms with Gasteiger partial charge in [0.05, 0.1) is 15.8 Å².